The van der Waals surface area contributed by atoms with Gasteiger partial charge in [0.15, 0.2) is 0 Å². The Morgan fingerprint density at radius 1 is 1.05 bits per heavy atom. The van der Waals surface area contributed by atoms with Gasteiger partial charge in [-0.15, -0.1) is 0 Å². The average Bonchev–Trinajstić information content (AvgIpc) is 2.91. The van der Waals surface area contributed by atoms with Gasteiger partial charge >= 0.3 is 13.6 Å². The molecular weight excluding hydrogens is 529 g/mol. The van der Waals surface area contributed by atoms with E-state index in [2.05, 4.69) is 12.2 Å². The molecule has 0 spiro atoms. The third-order valence-electron chi connectivity index (χ3n) is 7.97. The second kappa shape index (κ2) is 15.4. The molecule has 3 atom stereocenters. The van der Waals surface area contributed by atoms with Gasteiger partial charge in [0.2, 0.25) is 0 Å². The van der Waals surface area contributed by atoms with E-state index in [-0.39, 0.29) is 5.92 Å². The van der Waals surface area contributed by atoms with Crippen LogP contribution < -0.4 is 5.32 Å². The molecule has 1 aliphatic rings. The second-order valence-corrected chi connectivity index (χ2v) is 12.9. The standard InChI is InChI=1S/C31H42NO5PS/c1-4-10-23(19-22-12-6-5-7-13-22)29(38(36)37)24-15-16-26(27(20-24)25-14-9-8-11-21(25)2)30(33)32-28(31(34)35)17-18-39-3/h8-9,11,14-16,20,22-23,28-29H,4-7,10,12-13,17-19H2,1-3H3,(H,32,33)(H,34,35). The van der Waals surface area contributed by atoms with E-state index in [0.29, 0.717) is 34.8 Å². The van der Waals surface area contributed by atoms with E-state index in [9.17, 15) is 23.8 Å². The van der Waals surface area contributed by atoms with Crippen LogP contribution in [0.2, 0.25) is 0 Å². The van der Waals surface area contributed by atoms with Crippen molar-refractivity contribution in [2.75, 3.05) is 12.0 Å². The van der Waals surface area contributed by atoms with Gasteiger partial charge in [0.25, 0.3) is 5.91 Å². The lowest BCUT2D eigenvalue weighted by Crippen LogP contribution is -2.41. The van der Waals surface area contributed by atoms with Crippen LogP contribution in [0.1, 0.15) is 91.9 Å². The number of thioether (sulfide) groups is 1. The lowest BCUT2D eigenvalue weighted by molar-refractivity contribution is -0.139. The SMILES string of the molecule is CCCC(CC1CCCCC1)C(c1ccc(C(=O)NC(CCSC)C(=O)O)c(-c2ccccc2C)c1)P(=O)=O. The molecule has 8 heteroatoms. The summed E-state index contributed by atoms with van der Waals surface area (Å²) in [5.74, 6) is -0.350. The first kappa shape index (κ1) is 31.2. The molecular formula is C31H42NO5PS. The van der Waals surface area contributed by atoms with Crippen LogP contribution in [0, 0.1) is 18.8 Å². The molecule has 0 radical (unpaired) electrons. The zero-order chi connectivity index (χ0) is 28.4. The Hall–Kier alpha value is -2.37. The number of aryl methyl sites for hydroxylation is 1. The number of hydrogen-bond donors (Lipinski definition) is 2. The summed E-state index contributed by atoms with van der Waals surface area (Å²) in [6.45, 7) is 4.06. The van der Waals surface area contributed by atoms with Gasteiger partial charge in [-0.05, 0) is 84.4 Å². The first-order chi connectivity index (χ1) is 18.8. The fraction of sp³-hybridized carbons (Fsp3) is 0.548. The zero-order valence-electron chi connectivity index (χ0n) is 23.4. The number of rotatable bonds is 14. The number of carboxylic acid groups (broad SMARTS) is 1. The third-order valence-corrected chi connectivity index (χ3v) is 9.79. The molecule has 0 saturated heterocycles. The average molecular weight is 572 g/mol. The summed E-state index contributed by atoms with van der Waals surface area (Å²) < 4.78 is 25.6. The summed E-state index contributed by atoms with van der Waals surface area (Å²) in [5, 5.41) is 12.4. The normalized spacial score (nSPS) is 16.3. The predicted octanol–water partition coefficient (Wildman–Crippen LogP) is 8.20. The van der Waals surface area contributed by atoms with Gasteiger partial charge in [0.1, 0.15) is 6.04 Å². The van der Waals surface area contributed by atoms with Gasteiger partial charge in [-0.2, -0.15) is 11.8 Å². The quantitative estimate of drug-likeness (QED) is 0.222. The zero-order valence-corrected chi connectivity index (χ0v) is 25.1. The van der Waals surface area contributed by atoms with E-state index in [1.807, 2.05) is 43.5 Å². The van der Waals surface area contributed by atoms with E-state index in [1.165, 1.54) is 31.0 Å². The molecule has 3 rings (SSSR count). The highest BCUT2D eigenvalue weighted by atomic mass is 32.2. The number of amides is 1. The Balaban J connectivity index is 2.05. The molecule has 2 aromatic carbocycles. The van der Waals surface area contributed by atoms with Crippen molar-refractivity contribution in [1.82, 2.24) is 5.32 Å². The number of hydrogen-bond acceptors (Lipinski definition) is 5. The number of benzene rings is 2. The van der Waals surface area contributed by atoms with Gasteiger partial charge in [-0.1, -0.05) is 75.8 Å². The maximum atomic E-state index is 13.4. The van der Waals surface area contributed by atoms with Crippen LogP contribution in [0.15, 0.2) is 42.5 Å². The molecule has 39 heavy (non-hydrogen) atoms. The lowest BCUT2D eigenvalue weighted by atomic mass is 9.79. The van der Waals surface area contributed by atoms with Crippen molar-refractivity contribution in [1.29, 1.82) is 0 Å². The molecule has 0 aromatic heterocycles. The fourth-order valence-corrected chi connectivity index (χ4v) is 7.45. The molecule has 3 unspecified atom stereocenters. The van der Waals surface area contributed by atoms with Gasteiger partial charge in [0, 0.05) is 5.56 Å². The molecule has 0 heterocycles. The first-order valence-corrected chi connectivity index (χ1v) is 16.8. The summed E-state index contributed by atoms with van der Waals surface area (Å²) in [6, 6.07) is 12.0. The van der Waals surface area contributed by atoms with Gasteiger partial charge in [-0.3, -0.25) is 4.79 Å². The summed E-state index contributed by atoms with van der Waals surface area (Å²) in [5.41, 5.74) is 2.84. The Labute approximate surface area is 237 Å². The monoisotopic (exact) mass is 571 g/mol. The van der Waals surface area contributed by atoms with E-state index in [1.54, 1.807) is 12.1 Å². The minimum absolute atomic E-state index is 0.0199. The van der Waals surface area contributed by atoms with Gasteiger partial charge < -0.3 is 10.4 Å². The summed E-state index contributed by atoms with van der Waals surface area (Å²) in [6.07, 6.45) is 10.9. The van der Waals surface area contributed by atoms with Crippen LogP contribution >= 0.6 is 19.4 Å². The van der Waals surface area contributed by atoms with E-state index in [0.717, 1.165) is 43.2 Å². The summed E-state index contributed by atoms with van der Waals surface area (Å²) in [4.78, 5) is 25.2. The Morgan fingerprint density at radius 2 is 1.77 bits per heavy atom. The molecule has 1 aliphatic carbocycles. The molecule has 6 nitrogen and oxygen atoms in total. The van der Waals surface area contributed by atoms with Crippen LogP contribution in [0.4, 0.5) is 0 Å². The van der Waals surface area contributed by atoms with Crippen molar-refractivity contribution in [2.45, 2.75) is 83.3 Å². The second-order valence-electron chi connectivity index (χ2n) is 10.8. The van der Waals surface area contributed by atoms with Crippen molar-refractivity contribution < 1.29 is 23.8 Å². The summed E-state index contributed by atoms with van der Waals surface area (Å²) in [7, 11) is -2.74. The number of carbonyl (C=O) groups is 2. The maximum Gasteiger partial charge on any atom is 0.326 e. The first-order valence-electron chi connectivity index (χ1n) is 14.1. The third kappa shape index (κ3) is 8.56. The Morgan fingerprint density at radius 3 is 2.38 bits per heavy atom. The van der Waals surface area contributed by atoms with Crippen molar-refractivity contribution in [3.8, 4) is 11.1 Å². The lowest BCUT2D eigenvalue weighted by Gasteiger charge is -2.29. The minimum atomic E-state index is -2.74. The van der Waals surface area contributed by atoms with Crippen LogP contribution in [-0.2, 0) is 13.9 Å². The van der Waals surface area contributed by atoms with E-state index < -0.39 is 31.3 Å². The van der Waals surface area contributed by atoms with Crippen LogP contribution in [-0.4, -0.2) is 35.0 Å². The Bertz CT molecular complexity index is 1180. The maximum absolute atomic E-state index is 13.4. The Kier molecular flexibility index (Phi) is 12.3. The fourth-order valence-electron chi connectivity index (χ4n) is 5.96. The smallest absolute Gasteiger partial charge is 0.326 e. The molecule has 2 N–H and O–H groups in total. The van der Waals surface area contributed by atoms with Gasteiger partial charge in [0.05, 0.1) is 5.66 Å². The predicted molar refractivity (Wildman–Crippen MR) is 159 cm³/mol. The largest absolute Gasteiger partial charge is 0.480 e. The van der Waals surface area contributed by atoms with Crippen molar-refractivity contribution in [2.24, 2.45) is 11.8 Å². The van der Waals surface area contributed by atoms with Gasteiger partial charge in [-0.25, -0.2) is 13.9 Å². The molecule has 0 aliphatic heterocycles. The number of aliphatic carboxylic acids is 1. The highest BCUT2D eigenvalue weighted by Gasteiger charge is 2.32. The topological polar surface area (TPSA) is 101 Å². The molecule has 0 bridgehead atoms. The molecule has 1 amide bonds. The number of carbonyl (C=O) groups excluding carboxylic acids is 1. The molecule has 2 aromatic rings. The molecule has 1 fully saturated rings. The van der Waals surface area contributed by atoms with Crippen molar-refractivity contribution in [3.05, 3.63) is 59.2 Å². The van der Waals surface area contributed by atoms with Crippen LogP contribution in [0.5, 0.6) is 0 Å². The number of carboxylic acids is 1. The van der Waals surface area contributed by atoms with Crippen LogP contribution in [0.3, 0.4) is 0 Å². The van der Waals surface area contributed by atoms with Crippen molar-refractivity contribution >= 4 is 31.3 Å². The van der Waals surface area contributed by atoms with Crippen LogP contribution in [0.25, 0.3) is 11.1 Å². The van der Waals surface area contributed by atoms with E-state index in [4.69, 9.17) is 0 Å². The molecule has 1 saturated carbocycles. The van der Waals surface area contributed by atoms with E-state index >= 15 is 0 Å². The summed E-state index contributed by atoms with van der Waals surface area (Å²) >= 11 is 1.53. The highest BCUT2D eigenvalue weighted by Crippen LogP contribution is 2.46. The number of nitrogens with one attached hydrogen (secondary N) is 1. The van der Waals surface area contributed by atoms with Crippen molar-refractivity contribution in [3.63, 3.8) is 0 Å². The minimum Gasteiger partial charge on any atom is -0.480 e. The highest BCUT2D eigenvalue weighted by molar-refractivity contribution is 7.98. The molecule has 212 valence electrons.